The van der Waals surface area contributed by atoms with E-state index in [1.165, 1.54) is 6.08 Å². The Morgan fingerprint density at radius 1 is 1.32 bits per heavy atom. The summed E-state index contributed by atoms with van der Waals surface area (Å²) < 4.78 is 4.78. The minimum absolute atomic E-state index is 0.0458. The minimum Gasteiger partial charge on any atom is -0.445 e. The normalized spacial score (nSPS) is 12.0. The number of rotatable bonds is 10. The van der Waals surface area contributed by atoms with Gasteiger partial charge < -0.3 is 15.4 Å². The van der Waals surface area contributed by atoms with Crippen LogP contribution >= 0.6 is 0 Å². The first-order valence-corrected chi connectivity index (χ1v) is 6.75. The topological polar surface area (TPSA) is 67.4 Å². The van der Waals surface area contributed by atoms with Crippen molar-refractivity contribution in [3.8, 4) is 0 Å². The van der Waals surface area contributed by atoms with E-state index in [0.717, 1.165) is 19.3 Å². The molecule has 2 N–H and O–H groups in total. The molecule has 19 heavy (non-hydrogen) atoms. The summed E-state index contributed by atoms with van der Waals surface area (Å²) in [5, 5.41) is 5.69. The Morgan fingerprint density at radius 2 is 2.00 bits per heavy atom. The smallest absolute Gasteiger partial charge is 0.407 e. The zero-order chi connectivity index (χ0) is 14.7. The van der Waals surface area contributed by atoms with Gasteiger partial charge in [0.25, 0.3) is 0 Å². The molecule has 1 atom stereocenters. The predicted octanol–water partition coefficient (Wildman–Crippen LogP) is 1.88. The van der Waals surface area contributed by atoms with E-state index >= 15 is 0 Å². The molecule has 0 aliphatic carbocycles. The predicted molar refractivity (Wildman–Crippen MR) is 76.1 cm³/mol. The van der Waals surface area contributed by atoms with Crippen LogP contribution in [0.5, 0.6) is 0 Å². The zero-order valence-electron chi connectivity index (χ0n) is 12.2. The summed E-state index contributed by atoms with van der Waals surface area (Å²) in [6.45, 7) is 8.05. The van der Waals surface area contributed by atoms with Crippen LogP contribution in [0.25, 0.3) is 0 Å². The third-order valence-electron chi connectivity index (χ3n) is 2.78. The average molecular weight is 270 g/mol. The number of carbonyl (C=O) groups excluding carboxylic acids is 2. The molecular formula is C14H26N2O3. The van der Waals surface area contributed by atoms with Crippen molar-refractivity contribution >= 4 is 11.9 Å². The van der Waals surface area contributed by atoms with Gasteiger partial charge in [-0.1, -0.05) is 26.5 Å². The van der Waals surface area contributed by atoms with E-state index in [1.807, 2.05) is 13.8 Å². The summed E-state index contributed by atoms with van der Waals surface area (Å²) in [7, 11) is 1.80. The molecule has 1 amide bonds. The maximum atomic E-state index is 11.8. The first kappa shape index (κ1) is 17.6. The van der Waals surface area contributed by atoms with Crippen molar-refractivity contribution in [2.45, 2.75) is 39.2 Å². The summed E-state index contributed by atoms with van der Waals surface area (Å²) in [6, 6.07) is -0.0901. The van der Waals surface area contributed by atoms with Crippen LogP contribution in [0.2, 0.25) is 0 Å². The lowest BCUT2D eigenvalue weighted by Crippen LogP contribution is -2.36. The highest BCUT2D eigenvalue weighted by atomic mass is 16.5. The molecule has 0 saturated heterocycles. The van der Waals surface area contributed by atoms with E-state index in [2.05, 4.69) is 17.2 Å². The fraction of sp³-hybridized carbons (Fsp3) is 0.714. The van der Waals surface area contributed by atoms with Gasteiger partial charge in [0.1, 0.15) is 6.61 Å². The third-order valence-corrected chi connectivity index (χ3v) is 2.78. The summed E-state index contributed by atoms with van der Waals surface area (Å²) in [4.78, 5) is 22.9. The highest BCUT2D eigenvalue weighted by Gasteiger charge is 2.18. The molecule has 0 aliphatic heterocycles. The first-order valence-electron chi connectivity index (χ1n) is 6.75. The molecule has 0 heterocycles. The molecule has 0 aromatic heterocycles. The number of likely N-dealkylation sites (N-methyl/N-ethyl adjacent to an activating group) is 1. The van der Waals surface area contributed by atoms with Gasteiger partial charge >= 0.3 is 6.09 Å². The van der Waals surface area contributed by atoms with Crippen LogP contribution in [0.1, 0.15) is 33.1 Å². The van der Waals surface area contributed by atoms with Gasteiger partial charge in [-0.25, -0.2) is 4.79 Å². The van der Waals surface area contributed by atoms with Crippen molar-refractivity contribution < 1.29 is 14.3 Å². The number of nitrogens with one attached hydrogen (secondary N) is 2. The van der Waals surface area contributed by atoms with Crippen LogP contribution in [-0.2, 0) is 9.53 Å². The second kappa shape index (κ2) is 10.6. The summed E-state index contributed by atoms with van der Waals surface area (Å²) in [5.41, 5.74) is 0. The lowest BCUT2D eigenvalue weighted by molar-refractivity contribution is -0.124. The average Bonchev–Trinajstić information content (AvgIpc) is 2.39. The van der Waals surface area contributed by atoms with E-state index in [1.54, 1.807) is 7.05 Å². The van der Waals surface area contributed by atoms with Gasteiger partial charge in [-0.3, -0.25) is 4.79 Å². The molecule has 0 spiro atoms. The number of Topliss-reactive ketones (excluding diaryl/α,β-unsaturated/α-hetero) is 1. The van der Waals surface area contributed by atoms with E-state index in [9.17, 15) is 9.59 Å². The molecule has 0 aromatic rings. The number of ketones is 1. The molecule has 0 fully saturated rings. The minimum atomic E-state index is -0.427. The molecule has 0 radical (unpaired) electrons. The monoisotopic (exact) mass is 270 g/mol. The summed E-state index contributed by atoms with van der Waals surface area (Å²) >= 11 is 0. The Bertz CT molecular complexity index is 290. The highest BCUT2D eigenvalue weighted by Crippen LogP contribution is 2.07. The summed E-state index contributed by atoms with van der Waals surface area (Å²) in [6.07, 6.45) is 3.59. The van der Waals surface area contributed by atoms with Crippen molar-refractivity contribution in [2.75, 3.05) is 20.2 Å². The highest BCUT2D eigenvalue weighted by molar-refractivity contribution is 5.85. The number of hydrogen-bond donors (Lipinski definition) is 2. The molecule has 5 nitrogen and oxygen atoms in total. The molecule has 1 unspecified atom stereocenters. The lowest BCUT2D eigenvalue weighted by atomic mass is 9.97. The van der Waals surface area contributed by atoms with Gasteiger partial charge in [0, 0.05) is 12.5 Å². The van der Waals surface area contributed by atoms with E-state index in [4.69, 9.17) is 4.74 Å². The number of amides is 1. The Morgan fingerprint density at radius 3 is 2.53 bits per heavy atom. The molecule has 0 aromatic carbocycles. The molecule has 0 bridgehead atoms. The van der Waals surface area contributed by atoms with Crippen LogP contribution in [0.15, 0.2) is 12.7 Å². The molecule has 110 valence electrons. The van der Waals surface area contributed by atoms with Crippen LogP contribution in [0.4, 0.5) is 4.79 Å². The van der Waals surface area contributed by atoms with Gasteiger partial charge in [0.2, 0.25) is 0 Å². The van der Waals surface area contributed by atoms with Gasteiger partial charge in [-0.15, -0.1) is 0 Å². The van der Waals surface area contributed by atoms with Crippen LogP contribution in [0, 0.1) is 5.92 Å². The fourth-order valence-corrected chi connectivity index (χ4v) is 1.68. The number of unbranched alkanes of at least 4 members (excludes halogenated alkanes) is 1. The van der Waals surface area contributed by atoms with Gasteiger partial charge in [0.15, 0.2) is 5.78 Å². The van der Waals surface area contributed by atoms with E-state index in [0.29, 0.717) is 6.54 Å². The zero-order valence-corrected chi connectivity index (χ0v) is 12.2. The van der Waals surface area contributed by atoms with Crippen LogP contribution in [-0.4, -0.2) is 38.1 Å². The Kier molecular flexibility index (Phi) is 9.80. The number of ether oxygens (including phenoxy) is 1. The Labute approximate surface area is 115 Å². The number of alkyl carbamates (subject to hydrolysis) is 1. The Balaban J connectivity index is 3.69. The maximum Gasteiger partial charge on any atom is 0.407 e. The van der Waals surface area contributed by atoms with Crippen molar-refractivity contribution in [2.24, 2.45) is 5.92 Å². The SMILES string of the molecule is C=CCOC(=O)NCCCCC(NC)C(=O)C(C)C. The number of carbonyl (C=O) groups is 2. The van der Waals surface area contributed by atoms with E-state index < -0.39 is 6.09 Å². The van der Waals surface area contributed by atoms with Gasteiger partial charge in [-0.2, -0.15) is 0 Å². The Hall–Kier alpha value is -1.36. The molecule has 0 saturated carbocycles. The standard InChI is InChI=1S/C14H26N2O3/c1-5-10-19-14(18)16-9-7-6-8-12(15-4)13(17)11(2)3/h5,11-12,15H,1,6-10H2,2-4H3,(H,16,18). The van der Waals surface area contributed by atoms with Crippen molar-refractivity contribution in [3.05, 3.63) is 12.7 Å². The molecule has 0 rings (SSSR count). The van der Waals surface area contributed by atoms with Crippen molar-refractivity contribution in [3.63, 3.8) is 0 Å². The second-order valence-electron chi connectivity index (χ2n) is 4.71. The second-order valence-corrected chi connectivity index (χ2v) is 4.71. The fourth-order valence-electron chi connectivity index (χ4n) is 1.68. The number of hydrogen-bond acceptors (Lipinski definition) is 4. The quantitative estimate of drug-likeness (QED) is 0.470. The molecule has 5 heteroatoms. The van der Waals surface area contributed by atoms with Crippen LogP contribution < -0.4 is 10.6 Å². The van der Waals surface area contributed by atoms with Gasteiger partial charge in [-0.05, 0) is 26.3 Å². The lowest BCUT2D eigenvalue weighted by Gasteiger charge is -2.17. The van der Waals surface area contributed by atoms with Crippen LogP contribution in [0.3, 0.4) is 0 Å². The molecule has 0 aliphatic rings. The maximum absolute atomic E-state index is 11.8. The van der Waals surface area contributed by atoms with Gasteiger partial charge in [0.05, 0.1) is 6.04 Å². The third kappa shape index (κ3) is 8.37. The largest absolute Gasteiger partial charge is 0.445 e. The van der Waals surface area contributed by atoms with Crippen molar-refractivity contribution in [1.82, 2.24) is 10.6 Å². The first-order chi connectivity index (χ1) is 9.02. The summed E-state index contributed by atoms with van der Waals surface area (Å²) in [5.74, 6) is 0.283. The molecular weight excluding hydrogens is 244 g/mol. The van der Waals surface area contributed by atoms with E-state index in [-0.39, 0.29) is 24.3 Å². The van der Waals surface area contributed by atoms with Crippen molar-refractivity contribution in [1.29, 1.82) is 0 Å².